The smallest absolute Gasteiger partial charge is 0.152 e. The Hall–Kier alpha value is -4.65. The molecule has 6 nitrogen and oxygen atoms in total. The van der Waals surface area contributed by atoms with Gasteiger partial charge in [0.2, 0.25) is 0 Å². The van der Waals surface area contributed by atoms with Gasteiger partial charge in [-0.2, -0.15) is 21.0 Å². The largest absolute Gasteiger partial charge is 0.351 e. The highest BCUT2D eigenvalue weighted by atomic mass is 16.1. The Balaban J connectivity index is 2.56. The van der Waals surface area contributed by atoms with Gasteiger partial charge < -0.3 is 4.57 Å². The number of aldehydes is 1. The van der Waals surface area contributed by atoms with E-state index in [9.17, 15) is 25.8 Å². The van der Waals surface area contributed by atoms with Crippen molar-refractivity contribution in [2.45, 2.75) is 13.8 Å². The first-order valence-corrected chi connectivity index (χ1v) is 8.97. The van der Waals surface area contributed by atoms with Gasteiger partial charge in [0.05, 0.1) is 0 Å². The van der Waals surface area contributed by atoms with E-state index in [4.69, 9.17) is 0 Å². The lowest BCUT2D eigenvalue weighted by atomic mass is 9.93. The first-order chi connectivity index (χ1) is 14.4. The molecule has 0 spiro atoms. The maximum absolute atomic E-state index is 11.8. The summed E-state index contributed by atoms with van der Waals surface area (Å²) in [6.45, 7) is 3.67. The Morgan fingerprint density at radius 2 is 1.27 bits per heavy atom. The molecule has 0 saturated heterocycles. The van der Waals surface area contributed by atoms with Crippen molar-refractivity contribution in [3.05, 3.63) is 74.6 Å². The molecule has 6 heteroatoms. The van der Waals surface area contributed by atoms with Crippen LogP contribution >= 0.6 is 0 Å². The van der Waals surface area contributed by atoms with Gasteiger partial charge >= 0.3 is 0 Å². The standard InChI is InChI=1S/C24H15N5O/c1-14-20(22(13-30)15(2)29(14)3)8-21-23(16(9-25)10-26)18-6-4-5-7-19(18)24(21)17(11-27)12-28/h4-8,13H,1-3H3. The van der Waals surface area contributed by atoms with Crippen LogP contribution in [0.2, 0.25) is 0 Å². The molecule has 0 atom stereocenters. The van der Waals surface area contributed by atoms with Gasteiger partial charge in [0.25, 0.3) is 0 Å². The number of carbonyl (C=O) groups is 1. The van der Waals surface area contributed by atoms with Gasteiger partial charge in [-0.15, -0.1) is 0 Å². The van der Waals surface area contributed by atoms with E-state index >= 15 is 0 Å². The van der Waals surface area contributed by atoms with Crippen LogP contribution in [0.25, 0.3) is 17.2 Å². The van der Waals surface area contributed by atoms with Crippen molar-refractivity contribution in [1.29, 1.82) is 21.0 Å². The lowest BCUT2D eigenvalue weighted by molar-refractivity contribution is 0.112. The average molecular weight is 389 g/mol. The summed E-state index contributed by atoms with van der Waals surface area (Å²) in [6, 6.07) is 14.7. The molecule has 1 aromatic heterocycles. The van der Waals surface area contributed by atoms with Crippen LogP contribution in [0.5, 0.6) is 0 Å². The Bertz CT molecular complexity index is 1270. The van der Waals surface area contributed by atoms with Crippen molar-refractivity contribution in [2.75, 3.05) is 0 Å². The fourth-order valence-electron chi connectivity index (χ4n) is 3.77. The monoisotopic (exact) mass is 389 g/mol. The fourth-order valence-corrected chi connectivity index (χ4v) is 3.77. The van der Waals surface area contributed by atoms with Crippen LogP contribution < -0.4 is 0 Å². The fraction of sp³-hybridized carbons (Fsp3) is 0.125. The molecule has 1 heterocycles. The van der Waals surface area contributed by atoms with E-state index in [1.54, 1.807) is 30.3 Å². The summed E-state index contributed by atoms with van der Waals surface area (Å²) in [5.41, 5.74) is 4.72. The quantitative estimate of drug-likeness (QED) is 0.565. The summed E-state index contributed by atoms with van der Waals surface area (Å²) in [7, 11) is 1.84. The highest BCUT2D eigenvalue weighted by molar-refractivity contribution is 6.15. The van der Waals surface area contributed by atoms with E-state index in [0.717, 1.165) is 17.7 Å². The number of nitrogens with zero attached hydrogens (tertiary/aromatic N) is 5. The predicted molar refractivity (Wildman–Crippen MR) is 111 cm³/mol. The zero-order valence-electron chi connectivity index (χ0n) is 16.6. The van der Waals surface area contributed by atoms with E-state index in [0.29, 0.717) is 39.0 Å². The van der Waals surface area contributed by atoms with Crippen LogP contribution in [-0.2, 0) is 7.05 Å². The van der Waals surface area contributed by atoms with Crippen molar-refractivity contribution < 1.29 is 4.79 Å². The molecule has 0 fully saturated rings. The number of hydrogen-bond acceptors (Lipinski definition) is 5. The summed E-state index contributed by atoms with van der Waals surface area (Å²) < 4.78 is 1.87. The van der Waals surface area contributed by atoms with Crippen molar-refractivity contribution in [2.24, 2.45) is 7.05 Å². The van der Waals surface area contributed by atoms with Crippen molar-refractivity contribution >= 4 is 23.5 Å². The van der Waals surface area contributed by atoms with E-state index < -0.39 is 0 Å². The Morgan fingerprint density at radius 1 is 0.833 bits per heavy atom. The van der Waals surface area contributed by atoms with Crippen molar-refractivity contribution in [3.8, 4) is 24.3 Å². The third kappa shape index (κ3) is 2.82. The molecule has 0 amide bonds. The molecule has 30 heavy (non-hydrogen) atoms. The SMILES string of the molecule is Cc1c(C=O)c(C=C2C(=C(C#N)C#N)c3ccccc3C2=C(C#N)C#N)c(C)n1C. The minimum absolute atomic E-state index is 0.128. The molecular formula is C24H15N5O. The molecule has 0 saturated carbocycles. The predicted octanol–water partition coefficient (Wildman–Crippen LogP) is 4.15. The topological polar surface area (TPSA) is 117 Å². The average Bonchev–Trinajstić information content (AvgIpc) is 3.18. The van der Waals surface area contributed by atoms with E-state index in [2.05, 4.69) is 0 Å². The lowest BCUT2D eigenvalue weighted by Gasteiger charge is -2.06. The second kappa shape index (κ2) is 7.76. The zero-order chi connectivity index (χ0) is 22.0. The van der Waals surface area contributed by atoms with Gasteiger partial charge in [-0.05, 0) is 36.6 Å². The molecule has 0 bridgehead atoms. The zero-order valence-corrected chi connectivity index (χ0v) is 16.6. The van der Waals surface area contributed by atoms with Crippen LogP contribution in [0.3, 0.4) is 0 Å². The van der Waals surface area contributed by atoms with Gasteiger partial charge in [0.1, 0.15) is 35.4 Å². The lowest BCUT2D eigenvalue weighted by Crippen LogP contribution is -1.94. The number of benzene rings is 1. The second-order valence-electron chi connectivity index (χ2n) is 6.73. The molecule has 2 aromatic rings. The molecule has 1 aliphatic rings. The number of aromatic nitrogens is 1. The number of carbonyl (C=O) groups excluding carboxylic acids is 1. The summed E-state index contributed by atoms with van der Waals surface area (Å²) in [6.07, 6.45) is 2.45. The summed E-state index contributed by atoms with van der Waals surface area (Å²) in [5, 5.41) is 38.3. The van der Waals surface area contributed by atoms with Crippen LogP contribution in [-0.4, -0.2) is 10.9 Å². The molecule has 142 valence electrons. The van der Waals surface area contributed by atoms with Gasteiger partial charge in [-0.1, -0.05) is 24.3 Å². The molecule has 3 rings (SSSR count). The maximum Gasteiger partial charge on any atom is 0.152 e. The molecule has 1 aliphatic carbocycles. The van der Waals surface area contributed by atoms with Gasteiger partial charge in [0, 0.05) is 40.7 Å². The number of allylic oxidation sites excluding steroid dienone is 5. The molecular weight excluding hydrogens is 374 g/mol. The molecule has 0 N–H and O–H groups in total. The number of hydrogen-bond donors (Lipinski definition) is 0. The number of nitriles is 4. The van der Waals surface area contributed by atoms with E-state index in [1.807, 2.05) is 49.7 Å². The minimum atomic E-state index is -0.128. The Kier molecular flexibility index (Phi) is 5.20. The molecule has 0 aliphatic heterocycles. The van der Waals surface area contributed by atoms with Crippen LogP contribution in [0.1, 0.15) is 38.4 Å². The van der Waals surface area contributed by atoms with E-state index in [1.165, 1.54) is 0 Å². The first kappa shape index (κ1) is 20.1. The third-order valence-electron chi connectivity index (χ3n) is 5.43. The van der Waals surface area contributed by atoms with E-state index in [-0.39, 0.29) is 11.1 Å². The van der Waals surface area contributed by atoms with Crippen LogP contribution in [0.4, 0.5) is 0 Å². The minimum Gasteiger partial charge on any atom is -0.351 e. The van der Waals surface area contributed by atoms with Crippen LogP contribution in [0, 0.1) is 59.2 Å². The Labute approximate surface area is 174 Å². The first-order valence-electron chi connectivity index (χ1n) is 8.97. The van der Waals surface area contributed by atoms with Gasteiger partial charge in [0.15, 0.2) is 6.29 Å². The summed E-state index contributed by atoms with van der Waals surface area (Å²) >= 11 is 0. The number of rotatable bonds is 2. The molecule has 0 unspecified atom stereocenters. The van der Waals surface area contributed by atoms with Gasteiger partial charge in [-0.3, -0.25) is 4.79 Å². The van der Waals surface area contributed by atoms with Gasteiger partial charge in [-0.25, -0.2) is 0 Å². The maximum atomic E-state index is 11.8. The van der Waals surface area contributed by atoms with Crippen molar-refractivity contribution in [1.82, 2.24) is 4.57 Å². The Morgan fingerprint density at radius 3 is 1.67 bits per heavy atom. The normalized spacial score (nSPS) is 11.6. The van der Waals surface area contributed by atoms with Crippen molar-refractivity contribution in [3.63, 3.8) is 0 Å². The molecule has 1 aromatic carbocycles. The van der Waals surface area contributed by atoms with Crippen LogP contribution in [0.15, 0.2) is 41.0 Å². The summed E-state index contributed by atoms with van der Waals surface area (Å²) in [5.74, 6) is 0. The third-order valence-corrected chi connectivity index (χ3v) is 5.43. The molecule has 0 radical (unpaired) electrons. The summed E-state index contributed by atoms with van der Waals surface area (Å²) in [4.78, 5) is 11.8. The second-order valence-corrected chi connectivity index (χ2v) is 6.73. The highest BCUT2D eigenvalue weighted by Crippen LogP contribution is 2.49. The highest BCUT2D eigenvalue weighted by Gasteiger charge is 2.32. The number of fused-ring (bicyclic) bond motifs is 1.